The maximum absolute atomic E-state index is 12.6. The second-order valence-corrected chi connectivity index (χ2v) is 7.72. The fourth-order valence-corrected chi connectivity index (χ4v) is 3.61. The van der Waals surface area contributed by atoms with Gasteiger partial charge in [-0.1, -0.05) is 24.3 Å². The van der Waals surface area contributed by atoms with Gasteiger partial charge in [-0.05, 0) is 24.0 Å². The van der Waals surface area contributed by atoms with E-state index in [1.807, 2.05) is 24.3 Å². The monoisotopic (exact) mass is 403 g/mol. The molecular weight excluding hydrogens is 382 g/mol. The second kappa shape index (κ2) is 7.03. The summed E-state index contributed by atoms with van der Waals surface area (Å²) in [6, 6.07) is 8.13. The van der Waals surface area contributed by atoms with Gasteiger partial charge in [0.1, 0.15) is 5.84 Å². The molecule has 1 saturated carbocycles. The van der Waals surface area contributed by atoms with Gasteiger partial charge in [0, 0.05) is 24.2 Å². The van der Waals surface area contributed by atoms with Crippen molar-refractivity contribution in [2.75, 3.05) is 18.9 Å². The molecule has 3 heterocycles. The van der Waals surface area contributed by atoms with Crippen LogP contribution in [-0.4, -0.2) is 44.7 Å². The number of carbonyl (C=O) groups excluding carboxylic acids is 1. The third-order valence-electron chi connectivity index (χ3n) is 5.77. The number of rotatable bonds is 5. The van der Waals surface area contributed by atoms with E-state index in [9.17, 15) is 4.79 Å². The molecule has 0 radical (unpaired) electrons. The highest BCUT2D eigenvalue weighted by molar-refractivity contribution is 6.09. The molecule has 1 aliphatic heterocycles. The first-order valence-electron chi connectivity index (χ1n) is 9.76. The largest absolute Gasteiger partial charge is 0.377 e. The highest BCUT2D eigenvalue weighted by Crippen LogP contribution is 2.48. The standard InChI is InChI=1S/C21H21N7O2/c22-19(27-18(29)15-9-26-28(10-15)17-11-30-12-17)21(5-6-21)16-3-1-13(2-4-16)14-7-24-20(23)25-8-14/h1-4,7-10,17H,5-6,11-12H2,(H2,22,27,29)(H2,23,24,25). The Hall–Kier alpha value is -3.59. The molecule has 5 rings (SSSR count). The lowest BCUT2D eigenvalue weighted by Gasteiger charge is -2.25. The van der Waals surface area contributed by atoms with Crippen LogP contribution in [0.2, 0.25) is 0 Å². The van der Waals surface area contributed by atoms with Crippen LogP contribution in [-0.2, 0) is 10.2 Å². The summed E-state index contributed by atoms with van der Waals surface area (Å²) in [6.45, 7) is 1.22. The third-order valence-corrected chi connectivity index (χ3v) is 5.77. The van der Waals surface area contributed by atoms with E-state index < -0.39 is 5.41 Å². The number of nitrogens with two attached hydrogens (primary N) is 1. The number of hydrogen-bond acceptors (Lipinski definition) is 7. The van der Waals surface area contributed by atoms with E-state index in [4.69, 9.17) is 15.9 Å². The van der Waals surface area contributed by atoms with Crippen molar-refractivity contribution in [3.05, 3.63) is 60.2 Å². The van der Waals surface area contributed by atoms with Crippen LogP contribution in [0, 0.1) is 5.41 Å². The Kier molecular flexibility index (Phi) is 4.32. The lowest BCUT2D eigenvalue weighted by Crippen LogP contribution is -2.38. The summed E-state index contributed by atoms with van der Waals surface area (Å²) in [5.74, 6) is 0.146. The van der Waals surface area contributed by atoms with Crippen LogP contribution in [0.15, 0.2) is 49.1 Å². The summed E-state index contributed by atoms with van der Waals surface area (Å²) < 4.78 is 6.90. The average molecular weight is 403 g/mol. The Balaban J connectivity index is 1.28. The van der Waals surface area contributed by atoms with Crippen molar-refractivity contribution in [1.82, 2.24) is 25.1 Å². The molecule has 1 saturated heterocycles. The molecule has 2 aromatic heterocycles. The van der Waals surface area contributed by atoms with Gasteiger partial charge < -0.3 is 15.8 Å². The van der Waals surface area contributed by atoms with Gasteiger partial charge in [-0.15, -0.1) is 0 Å². The van der Waals surface area contributed by atoms with Crippen molar-refractivity contribution in [3.8, 4) is 11.1 Å². The maximum Gasteiger partial charge on any atom is 0.259 e. The Morgan fingerprint density at radius 3 is 2.43 bits per heavy atom. The molecule has 0 bridgehead atoms. The number of benzene rings is 1. The van der Waals surface area contributed by atoms with E-state index in [1.54, 1.807) is 23.3 Å². The lowest BCUT2D eigenvalue weighted by molar-refractivity contribution is -0.0286. The molecule has 3 aromatic rings. The highest BCUT2D eigenvalue weighted by atomic mass is 16.5. The lowest BCUT2D eigenvalue weighted by atomic mass is 9.92. The zero-order valence-electron chi connectivity index (χ0n) is 16.2. The van der Waals surface area contributed by atoms with Gasteiger partial charge in [0.2, 0.25) is 5.95 Å². The minimum Gasteiger partial charge on any atom is -0.377 e. The summed E-state index contributed by atoms with van der Waals surface area (Å²) in [6.07, 6.45) is 8.26. The van der Waals surface area contributed by atoms with Gasteiger partial charge in [-0.25, -0.2) is 9.97 Å². The number of nitrogens with one attached hydrogen (secondary N) is 2. The molecule has 2 aliphatic rings. The van der Waals surface area contributed by atoms with Crippen LogP contribution in [0.3, 0.4) is 0 Å². The SMILES string of the molecule is N=C(NC(=O)c1cnn(C2COC2)c1)C1(c2ccc(-c3cnc(N)nc3)cc2)CC1. The first-order valence-corrected chi connectivity index (χ1v) is 9.76. The molecule has 30 heavy (non-hydrogen) atoms. The van der Waals surface area contributed by atoms with Crippen molar-refractivity contribution in [1.29, 1.82) is 5.41 Å². The predicted molar refractivity (Wildman–Crippen MR) is 110 cm³/mol. The molecule has 152 valence electrons. The Bertz CT molecular complexity index is 1100. The number of amides is 1. The number of aromatic nitrogens is 4. The van der Waals surface area contributed by atoms with Gasteiger partial charge in [-0.3, -0.25) is 14.9 Å². The van der Waals surface area contributed by atoms with Gasteiger partial charge in [0.05, 0.1) is 36.4 Å². The fraction of sp³-hybridized carbons (Fsp3) is 0.286. The Morgan fingerprint density at radius 1 is 1.13 bits per heavy atom. The van der Waals surface area contributed by atoms with Gasteiger partial charge >= 0.3 is 0 Å². The molecular formula is C21H21N7O2. The first kappa shape index (κ1) is 18.4. The van der Waals surface area contributed by atoms with E-state index in [1.165, 1.54) is 6.20 Å². The molecule has 0 atom stereocenters. The quantitative estimate of drug-likeness (QED) is 0.441. The molecule has 1 aliphatic carbocycles. The predicted octanol–water partition coefficient (Wildman–Crippen LogP) is 1.93. The normalized spacial score (nSPS) is 17.2. The van der Waals surface area contributed by atoms with Crippen LogP contribution in [0.25, 0.3) is 11.1 Å². The molecule has 4 N–H and O–H groups in total. The first-order chi connectivity index (χ1) is 14.5. The van der Waals surface area contributed by atoms with E-state index in [0.29, 0.717) is 18.8 Å². The molecule has 2 fully saturated rings. The van der Waals surface area contributed by atoms with E-state index in [-0.39, 0.29) is 23.7 Å². The average Bonchev–Trinajstić information content (AvgIpc) is 3.40. The number of hydrogen-bond donors (Lipinski definition) is 3. The number of ether oxygens (including phenoxy) is 1. The fourth-order valence-electron chi connectivity index (χ4n) is 3.61. The number of nitrogens with zero attached hydrogens (tertiary/aromatic N) is 4. The second-order valence-electron chi connectivity index (χ2n) is 7.72. The van der Waals surface area contributed by atoms with Crippen molar-refractivity contribution in [3.63, 3.8) is 0 Å². The molecule has 0 unspecified atom stereocenters. The van der Waals surface area contributed by atoms with Crippen molar-refractivity contribution in [2.45, 2.75) is 24.3 Å². The van der Waals surface area contributed by atoms with Crippen LogP contribution in [0.1, 0.15) is 34.8 Å². The maximum atomic E-state index is 12.6. The van der Waals surface area contributed by atoms with E-state index in [2.05, 4.69) is 20.4 Å². The summed E-state index contributed by atoms with van der Waals surface area (Å²) >= 11 is 0. The minimum absolute atomic E-state index is 0.186. The summed E-state index contributed by atoms with van der Waals surface area (Å²) in [7, 11) is 0. The molecule has 9 nitrogen and oxygen atoms in total. The summed E-state index contributed by atoms with van der Waals surface area (Å²) in [5.41, 5.74) is 8.40. The van der Waals surface area contributed by atoms with Crippen molar-refractivity contribution < 1.29 is 9.53 Å². The summed E-state index contributed by atoms with van der Waals surface area (Å²) in [5, 5.41) is 15.5. The van der Waals surface area contributed by atoms with Gasteiger partial charge in [0.25, 0.3) is 5.91 Å². The van der Waals surface area contributed by atoms with E-state index >= 15 is 0 Å². The van der Waals surface area contributed by atoms with Crippen LogP contribution in [0.5, 0.6) is 0 Å². The van der Waals surface area contributed by atoms with Crippen LogP contribution in [0.4, 0.5) is 5.95 Å². The topological polar surface area (TPSA) is 132 Å². The van der Waals surface area contributed by atoms with E-state index in [0.717, 1.165) is 29.5 Å². The molecule has 0 spiro atoms. The third kappa shape index (κ3) is 3.22. The number of amidine groups is 1. The van der Waals surface area contributed by atoms with Gasteiger partial charge in [-0.2, -0.15) is 5.10 Å². The van der Waals surface area contributed by atoms with Gasteiger partial charge in [0.15, 0.2) is 0 Å². The smallest absolute Gasteiger partial charge is 0.259 e. The summed E-state index contributed by atoms with van der Waals surface area (Å²) in [4.78, 5) is 20.7. The number of carbonyl (C=O) groups is 1. The number of anilines is 1. The Labute approximate surface area is 172 Å². The molecule has 1 amide bonds. The minimum atomic E-state index is -0.441. The Morgan fingerprint density at radius 2 is 1.83 bits per heavy atom. The highest BCUT2D eigenvalue weighted by Gasteiger charge is 2.49. The van der Waals surface area contributed by atoms with Crippen LogP contribution >= 0.6 is 0 Å². The van der Waals surface area contributed by atoms with Crippen molar-refractivity contribution >= 4 is 17.7 Å². The zero-order valence-corrected chi connectivity index (χ0v) is 16.2. The van der Waals surface area contributed by atoms with Crippen LogP contribution < -0.4 is 11.1 Å². The van der Waals surface area contributed by atoms with Crippen molar-refractivity contribution in [2.24, 2.45) is 0 Å². The number of nitrogen functional groups attached to an aromatic ring is 1. The molecule has 9 heteroatoms. The molecule has 1 aromatic carbocycles. The zero-order chi connectivity index (χ0) is 20.7.